The molecule has 0 aliphatic rings. The summed E-state index contributed by atoms with van der Waals surface area (Å²) >= 11 is 0. The lowest BCUT2D eigenvalue weighted by Crippen LogP contribution is -2.10. The molecule has 7 nitrogen and oxygen atoms in total. The summed E-state index contributed by atoms with van der Waals surface area (Å²) in [6.07, 6.45) is 19.4. The third-order valence-corrected chi connectivity index (χ3v) is 8.38. The third-order valence-electron chi connectivity index (χ3n) is 4.87. The zero-order valence-corrected chi connectivity index (χ0v) is 19.3. The first kappa shape index (κ1) is 28.3. The molecule has 0 aromatic rings. The van der Waals surface area contributed by atoms with E-state index in [1.54, 1.807) is 0 Å². The minimum absolute atomic E-state index is 0.0940. The van der Waals surface area contributed by atoms with Crippen molar-refractivity contribution in [1.29, 1.82) is 0 Å². The Bertz CT molecular complexity index is 454. The summed E-state index contributed by atoms with van der Waals surface area (Å²) in [5.41, 5.74) is -2.67. The van der Waals surface area contributed by atoms with Crippen LogP contribution in [0.25, 0.3) is 0 Å². The van der Waals surface area contributed by atoms with Gasteiger partial charge in [-0.25, -0.2) is 0 Å². The van der Waals surface area contributed by atoms with Crippen molar-refractivity contribution in [2.24, 2.45) is 0 Å². The van der Waals surface area contributed by atoms with Gasteiger partial charge in [-0.2, -0.15) is 0 Å². The van der Waals surface area contributed by atoms with Crippen molar-refractivity contribution in [1.82, 2.24) is 0 Å². The maximum Gasteiger partial charge on any atom is 0.368 e. The molecule has 0 saturated carbocycles. The second-order valence-electron chi connectivity index (χ2n) is 7.64. The van der Waals surface area contributed by atoms with E-state index in [-0.39, 0.29) is 6.61 Å². The fraction of sp³-hybridized carbons (Fsp3) is 1.00. The Morgan fingerprint density at radius 2 is 0.964 bits per heavy atom. The van der Waals surface area contributed by atoms with Gasteiger partial charge in [0.05, 0.1) is 6.61 Å². The molecular formula is C19H42O7P2. The van der Waals surface area contributed by atoms with Gasteiger partial charge in [-0.15, -0.1) is 0 Å². The smallest absolute Gasteiger partial charge is 0.368 e. The first-order valence-corrected chi connectivity index (χ1v) is 14.2. The Morgan fingerprint density at radius 3 is 1.29 bits per heavy atom. The van der Waals surface area contributed by atoms with E-state index < -0.39 is 20.8 Å². The molecule has 0 rings (SSSR count). The molecular weight excluding hydrogens is 402 g/mol. The lowest BCUT2D eigenvalue weighted by Gasteiger charge is -2.18. The van der Waals surface area contributed by atoms with Gasteiger partial charge >= 0.3 is 15.2 Å². The highest BCUT2D eigenvalue weighted by atomic mass is 31.2. The van der Waals surface area contributed by atoms with Gasteiger partial charge in [0.1, 0.15) is 0 Å². The average molecular weight is 444 g/mol. The van der Waals surface area contributed by atoms with E-state index >= 15 is 0 Å². The van der Waals surface area contributed by atoms with Gasteiger partial charge in [0, 0.05) is 0 Å². The van der Waals surface area contributed by atoms with Crippen LogP contribution < -0.4 is 0 Å². The van der Waals surface area contributed by atoms with Crippen molar-refractivity contribution in [2.45, 2.75) is 115 Å². The van der Waals surface area contributed by atoms with Gasteiger partial charge in [-0.1, -0.05) is 103 Å². The van der Waals surface area contributed by atoms with Crippen molar-refractivity contribution < 1.29 is 33.4 Å². The molecule has 28 heavy (non-hydrogen) atoms. The van der Waals surface area contributed by atoms with Crippen molar-refractivity contribution in [2.75, 3.05) is 6.61 Å². The molecule has 0 aliphatic carbocycles. The van der Waals surface area contributed by atoms with Crippen LogP contribution in [0.15, 0.2) is 0 Å². The topological polar surface area (TPSA) is 124 Å². The maximum atomic E-state index is 11.5. The van der Waals surface area contributed by atoms with E-state index in [1.807, 2.05) is 0 Å². The van der Waals surface area contributed by atoms with E-state index in [0.29, 0.717) is 6.42 Å². The minimum atomic E-state index is -5.05. The number of unbranched alkanes of at least 4 members (excludes halogenated alkanes) is 15. The maximum absolute atomic E-state index is 11.5. The first-order chi connectivity index (χ1) is 13.2. The van der Waals surface area contributed by atoms with E-state index in [2.05, 4.69) is 11.4 Å². The molecule has 0 bridgehead atoms. The zero-order chi connectivity index (χ0) is 21.3. The summed E-state index contributed by atoms with van der Waals surface area (Å²) in [7, 11) is -9.76. The van der Waals surface area contributed by atoms with E-state index in [0.717, 1.165) is 19.3 Å². The van der Waals surface area contributed by atoms with Crippen LogP contribution in [0.4, 0.5) is 0 Å². The molecule has 2 atom stereocenters. The highest BCUT2D eigenvalue weighted by molar-refractivity contribution is 7.70. The monoisotopic (exact) mass is 444 g/mol. The summed E-state index contributed by atoms with van der Waals surface area (Å²) in [6, 6.07) is 0. The molecule has 0 amide bonds. The van der Waals surface area contributed by atoms with Crippen LogP contribution in [0.1, 0.15) is 110 Å². The van der Waals surface area contributed by atoms with Crippen LogP contribution in [0.3, 0.4) is 0 Å². The van der Waals surface area contributed by atoms with Crippen LogP contribution in [-0.2, 0) is 13.7 Å². The predicted octanol–water partition coefficient (Wildman–Crippen LogP) is 5.90. The van der Waals surface area contributed by atoms with E-state index in [4.69, 9.17) is 14.9 Å². The molecule has 0 fully saturated rings. The fourth-order valence-corrected chi connectivity index (χ4v) is 5.35. The Labute approximate surface area is 171 Å². The molecule has 4 N–H and O–H groups in total. The fourth-order valence-electron chi connectivity index (χ4n) is 3.10. The normalized spacial score (nSPS) is 15.5. The number of hydrogen-bond acceptors (Lipinski definition) is 4. The third kappa shape index (κ3) is 16.1. The molecule has 0 spiro atoms. The van der Waals surface area contributed by atoms with Gasteiger partial charge in [-0.05, 0) is 6.42 Å². The van der Waals surface area contributed by atoms with Crippen LogP contribution >= 0.6 is 15.2 Å². The van der Waals surface area contributed by atoms with E-state index in [9.17, 15) is 14.0 Å². The molecule has 170 valence electrons. The average Bonchev–Trinajstić information content (AvgIpc) is 2.62. The molecule has 0 aromatic heterocycles. The Morgan fingerprint density at radius 1 is 0.643 bits per heavy atom. The molecule has 0 aromatic carbocycles. The zero-order valence-electron chi connectivity index (χ0n) is 17.5. The lowest BCUT2D eigenvalue weighted by molar-refractivity contribution is 0.186. The first-order valence-electron chi connectivity index (χ1n) is 10.9. The van der Waals surface area contributed by atoms with Gasteiger partial charge in [0.2, 0.25) is 0 Å². The Kier molecular flexibility index (Phi) is 17.2. The number of aliphatic hydroxyl groups excluding tert-OH is 1. The molecule has 0 heterocycles. The van der Waals surface area contributed by atoms with E-state index in [1.165, 1.54) is 77.0 Å². The summed E-state index contributed by atoms with van der Waals surface area (Å²) in [5.74, 6) is 0. The largest absolute Gasteiger partial charge is 0.370 e. The molecule has 0 radical (unpaired) electrons. The Hall–Kier alpha value is 0.260. The van der Waals surface area contributed by atoms with Crippen molar-refractivity contribution in [3.63, 3.8) is 0 Å². The van der Waals surface area contributed by atoms with Crippen LogP contribution in [0, 0.1) is 0 Å². The highest BCUT2D eigenvalue weighted by Gasteiger charge is 2.44. The van der Waals surface area contributed by atoms with Gasteiger partial charge in [-0.3, -0.25) is 9.13 Å². The Balaban J connectivity index is 3.36. The molecule has 9 heteroatoms. The molecule has 0 aliphatic heterocycles. The van der Waals surface area contributed by atoms with Gasteiger partial charge in [0.25, 0.3) is 5.59 Å². The SMILES string of the molecule is CCCCCCCCCCCCCCCCCCOP(=O)(O)C(O)P(=O)(O)O. The molecule has 2 unspecified atom stereocenters. The van der Waals surface area contributed by atoms with Crippen molar-refractivity contribution in [3.8, 4) is 0 Å². The number of rotatable bonds is 20. The lowest BCUT2D eigenvalue weighted by atomic mass is 10.0. The second kappa shape index (κ2) is 17.0. The van der Waals surface area contributed by atoms with Crippen LogP contribution in [0.2, 0.25) is 0 Å². The van der Waals surface area contributed by atoms with Gasteiger partial charge < -0.3 is 24.3 Å². The quantitative estimate of drug-likeness (QED) is 0.136. The number of aliphatic hydroxyl groups is 1. The van der Waals surface area contributed by atoms with Crippen molar-refractivity contribution >= 4 is 15.2 Å². The van der Waals surface area contributed by atoms with Crippen LogP contribution in [0.5, 0.6) is 0 Å². The highest BCUT2D eigenvalue weighted by Crippen LogP contribution is 2.61. The second-order valence-corrected chi connectivity index (χ2v) is 11.6. The molecule has 0 saturated heterocycles. The van der Waals surface area contributed by atoms with Gasteiger partial charge in [0.15, 0.2) is 0 Å². The minimum Gasteiger partial charge on any atom is -0.370 e. The number of hydrogen-bond donors (Lipinski definition) is 4. The summed E-state index contributed by atoms with van der Waals surface area (Å²) in [6.45, 7) is 2.15. The van der Waals surface area contributed by atoms with Crippen LogP contribution in [-0.4, -0.2) is 32.0 Å². The summed E-state index contributed by atoms with van der Waals surface area (Å²) in [5, 5.41) is 9.15. The standard InChI is InChI=1S/C19H42O7P2/c1-2-3-4-5-6-7-8-9-10-11-12-13-14-15-16-17-18-26-28(24,25)19(20)27(21,22)23/h19-20H,2-18H2,1H3,(H,24,25)(H2,21,22,23). The summed E-state index contributed by atoms with van der Waals surface area (Å²) < 4.78 is 26.9. The summed E-state index contributed by atoms with van der Waals surface area (Å²) in [4.78, 5) is 26.8. The predicted molar refractivity (Wildman–Crippen MR) is 113 cm³/mol. The van der Waals surface area contributed by atoms with Crippen molar-refractivity contribution in [3.05, 3.63) is 0 Å².